The Labute approximate surface area is 194 Å². The number of hydrogen-bond acceptors (Lipinski definition) is 5. The third-order valence-corrected chi connectivity index (χ3v) is 7.49. The molecule has 0 amide bonds. The van der Waals surface area contributed by atoms with E-state index in [4.69, 9.17) is 5.11 Å². The molecule has 3 rings (SSSR count). The molecule has 34 heavy (non-hydrogen) atoms. The summed E-state index contributed by atoms with van der Waals surface area (Å²) in [7, 11) is -3.99. The van der Waals surface area contributed by atoms with E-state index in [9.17, 15) is 30.8 Å². The Balaban J connectivity index is 1.84. The lowest BCUT2D eigenvalue weighted by atomic mass is 10.1. The standard InChI is InChI=1S/C22H24F4N2O5S/c1-13-6-16(9-21(29)30)8-18(7-13)34(31,32)28-14(2)11-27(12-15(28)3)17-4-5-20(19(23)10-17)33-22(24,25)26/h4-8,10,14-15H,9,11-12H2,1-3H3,(H,29,30). The van der Waals surface area contributed by atoms with E-state index in [0.717, 1.165) is 12.1 Å². The first kappa shape index (κ1) is 25.8. The Morgan fingerprint density at radius 1 is 1.12 bits per heavy atom. The number of rotatable bonds is 6. The van der Waals surface area contributed by atoms with Gasteiger partial charge in [-0.25, -0.2) is 12.8 Å². The number of carboxylic acids is 1. The number of anilines is 1. The molecular weight excluding hydrogens is 480 g/mol. The van der Waals surface area contributed by atoms with Crippen LogP contribution in [0.1, 0.15) is 25.0 Å². The molecule has 0 aromatic heterocycles. The molecule has 186 valence electrons. The van der Waals surface area contributed by atoms with Crippen LogP contribution in [-0.4, -0.2) is 55.3 Å². The van der Waals surface area contributed by atoms with Gasteiger partial charge >= 0.3 is 12.3 Å². The molecule has 0 bridgehead atoms. The van der Waals surface area contributed by atoms with Gasteiger partial charge in [0.2, 0.25) is 10.0 Å². The summed E-state index contributed by atoms with van der Waals surface area (Å²) >= 11 is 0. The first-order chi connectivity index (χ1) is 15.7. The van der Waals surface area contributed by atoms with Crippen molar-refractivity contribution < 1.29 is 40.6 Å². The molecule has 2 unspecified atom stereocenters. The summed E-state index contributed by atoms with van der Waals surface area (Å²) in [6, 6.07) is 6.39. The van der Waals surface area contributed by atoms with Crippen molar-refractivity contribution in [1.29, 1.82) is 0 Å². The van der Waals surface area contributed by atoms with E-state index in [1.165, 1.54) is 22.5 Å². The van der Waals surface area contributed by atoms with Crippen LogP contribution >= 0.6 is 0 Å². The van der Waals surface area contributed by atoms with Gasteiger partial charge in [0.25, 0.3) is 0 Å². The second kappa shape index (κ2) is 9.41. The van der Waals surface area contributed by atoms with Crippen molar-refractivity contribution in [2.45, 2.75) is 50.5 Å². The Hall–Kier alpha value is -2.86. The maximum absolute atomic E-state index is 14.2. The van der Waals surface area contributed by atoms with Crippen molar-refractivity contribution in [2.24, 2.45) is 0 Å². The van der Waals surface area contributed by atoms with Crippen LogP contribution in [0.15, 0.2) is 41.3 Å². The van der Waals surface area contributed by atoms with Crippen molar-refractivity contribution in [2.75, 3.05) is 18.0 Å². The lowest BCUT2D eigenvalue weighted by Crippen LogP contribution is -2.58. The highest BCUT2D eigenvalue weighted by atomic mass is 32.2. The van der Waals surface area contributed by atoms with Gasteiger partial charge in [0.05, 0.1) is 11.3 Å². The molecule has 1 N–H and O–H groups in total. The van der Waals surface area contributed by atoms with E-state index in [1.807, 2.05) is 0 Å². The molecule has 0 aliphatic carbocycles. The van der Waals surface area contributed by atoms with Gasteiger partial charge in [0, 0.05) is 36.9 Å². The van der Waals surface area contributed by atoms with E-state index >= 15 is 0 Å². The van der Waals surface area contributed by atoms with E-state index in [2.05, 4.69) is 4.74 Å². The Morgan fingerprint density at radius 2 is 1.74 bits per heavy atom. The summed E-state index contributed by atoms with van der Waals surface area (Å²) in [5.74, 6) is -3.21. The van der Waals surface area contributed by atoms with E-state index < -0.39 is 46.0 Å². The van der Waals surface area contributed by atoms with Crippen LogP contribution in [0.5, 0.6) is 5.75 Å². The van der Waals surface area contributed by atoms with Gasteiger partial charge in [-0.15, -0.1) is 13.2 Å². The minimum absolute atomic E-state index is 0.0180. The fourth-order valence-electron chi connectivity index (χ4n) is 4.26. The zero-order chi connectivity index (χ0) is 25.4. The molecule has 0 radical (unpaired) electrons. The Bertz CT molecular complexity index is 1170. The summed E-state index contributed by atoms with van der Waals surface area (Å²) in [4.78, 5) is 12.7. The minimum atomic E-state index is -5.02. The minimum Gasteiger partial charge on any atom is -0.481 e. The molecule has 1 aliphatic heterocycles. The van der Waals surface area contributed by atoms with Gasteiger partial charge in [0.1, 0.15) is 0 Å². The number of carboxylic acid groups (broad SMARTS) is 1. The molecule has 2 aromatic rings. The van der Waals surface area contributed by atoms with Crippen LogP contribution in [0.25, 0.3) is 0 Å². The monoisotopic (exact) mass is 504 g/mol. The molecule has 2 aromatic carbocycles. The highest BCUT2D eigenvalue weighted by Gasteiger charge is 2.39. The number of halogens is 4. The number of carbonyl (C=O) groups is 1. The number of ether oxygens (including phenoxy) is 1. The largest absolute Gasteiger partial charge is 0.573 e. The van der Waals surface area contributed by atoms with Gasteiger partial charge < -0.3 is 14.7 Å². The summed E-state index contributed by atoms with van der Waals surface area (Å²) in [6.45, 7) is 5.35. The van der Waals surface area contributed by atoms with Crippen LogP contribution < -0.4 is 9.64 Å². The lowest BCUT2D eigenvalue weighted by molar-refractivity contribution is -0.275. The first-order valence-corrected chi connectivity index (χ1v) is 11.8. The van der Waals surface area contributed by atoms with Crippen molar-refractivity contribution >= 4 is 21.7 Å². The fraction of sp³-hybridized carbons (Fsp3) is 0.409. The molecule has 12 heteroatoms. The highest BCUT2D eigenvalue weighted by Crippen LogP contribution is 2.32. The molecule has 1 heterocycles. The molecule has 1 aliphatic rings. The number of sulfonamides is 1. The van der Waals surface area contributed by atoms with Crippen LogP contribution in [0.4, 0.5) is 23.2 Å². The van der Waals surface area contributed by atoms with Crippen molar-refractivity contribution in [3.63, 3.8) is 0 Å². The van der Waals surface area contributed by atoms with Crippen molar-refractivity contribution in [1.82, 2.24) is 4.31 Å². The maximum Gasteiger partial charge on any atom is 0.573 e. The lowest BCUT2D eigenvalue weighted by Gasteiger charge is -2.44. The summed E-state index contributed by atoms with van der Waals surface area (Å²) < 4.78 is 83.2. The molecule has 2 atom stereocenters. The molecule has 0 saturated carbocycles. The SMILES string of the molecule is Cc1cc(CC(=O)O)cc(S(=O)(=O)N2C(C)CN(c3ccc(OC(F)(F)F)c(F)c3)CC2C)c1. The second-order valence-corrected chi connectivity index (χ2v) is 10.2. The Kier molecular flexibility index (Phi) is 7.13. The van der Waals surface area contributed by atoms with Crippen LogP contribution in [-0.2, 0) is 21.2 Å². The normalized spacial score (nSPS) is 19.8. The average Bonchev–Trinajstić information content (AvgIpc) is 2.66. The van der Waals surface area contributed by atoms with Gasteiger partial charge in [-0.2, -0.15) is 4.31 Å². The van der Waals surface area contributed by atoms with Crippen LogP contribution in [0, 0.1) is 12.7 Å². The second-order valence-electron chi connectivity index (χ2n) is 8.33. The summed E-state index contributed by atoms with van der Waals surface area (Å²) in [5, 5.41) is 9.06. The number of aliphatic carboxylic acids is 1. The fourth-order valence-corrected chi connectivity index (χ4v) is 6.22. The third kappa shape index (κ3) is 5.79. The number of nitrogens with zero attached hydrogens (tertiary/aromatic N) is 2. The summed E-state index contributed by atoms with van der Waals surface area (Å²) in [5.41, 5.74) is 1.26. The number of hydrogen-bond donors (Lipinski definition) is 1. The number of piperazine rings is 1. The number of benzene rings is 2. The average molecular weight is 505 g/mol. The van der Waals surface area contributed by atoms with Gasteiger partial charge in [0.15, 0.2) is 11.6 Å². The van der Waals surface area contributed by atoms with Crippen molar-refractivity contribution in [3.05, 3.63) is 53.3 Å². The number of aryl methyl sites for hydroxylation is 1. The molecular formula is C22H24F4N2O5S. The van der Waals surface area contributed by atoms with Gasteiger partial charge in [-0.3, -0.25) is 4.79 Å². The van der Waals surface area contributed by atoms with Crippen molar-refractivity contribution in [3.8, 4) is 5.75 Å². The number of alkyl halides is 3. The molecule has 1 fully saturated rings. The van der Waals surface area contributed by atoms with Crippen LogP contribution in [0.3, 0.4) is 0 Å². The first-order valence-electron chi connectivity index (χ1n) is 10.3. The topological polar surface area (TPSA) is 87.1 Å². The molecule has 1 saturated heterocycles. The van der Waals surface area contributed by atoms with Crippen LogP contribution in [0.2, 0.25) is 0 Å². The Morgan fingerprint density at radius 3 is 2.26 bits per heavy atom. The zero-order valence-corrected chi connectivity index (χ0v) is 19.5. The highest BCUT2D eigenvalue weighted by molar-refractivity contribution is 7.89. The van der Waals surface area contributed by atoms with Gasteiger partial charge in [-0.1, -0.05) is 6.07 Å². The van der Waals surface area contributed by atoms with Gasteiger partial charge in [-0.05, 0) is 56.2 Å². The van der Waals surface area contributed by atoms with E-state index in [0.29, 0.717) is 16.8 Å². The predicted octanol–water partition coefficient (Wildman–Crippen LogP) is 3.95. The quantitative estimate of drug-likeness (QED) is 0.600. The third-order valence-electron chi connectivity index (χ3n) is 5.39. The predicted molar refractivity (Wildman–Crippen MR) is 116 cm³/mol. The molecule has 7 nitrogen and oxygen atoms in total. The molecule has 0 spiro atoms. The smallest absolute Gasteiger partial charge is 0.481 e. The van der Waals surface area contributed by atoms with E-state index in [-0.39, 0.29) is 24.4 Å². The zero-order valence-electron chi connectivity index (χ0n) is 18.6. The summed E-state index contributed by atoms with van der Waals surface area (Å²) in [6.07, 6.45) is -5.34. The maximum atomic E-state index is 14.2. The van der Waals surface area contributed by atoms with E-state index in [1.54, 1.807) is 31.7 Å².